The van der Waals surface area contributed by atoms with Crippen LogP contribution in [0, 0.1) is 11.3 Å². The molecular weight excluding hydrogens is 246 g/mol. The quantitative estimate of drug-likeness (QED) is 0.647. The maximum atomic E-state index is 6.36. The number of hydrogen-bond acceptors (Lipinski definition) is 2. The van der Waals surface area contributed by atoms with Crippen LogP contribution in [0.4, 0.5) is 0 Å². The van der Waals surface area contributed by atoms with Gasteiger partial charge in [0.25, 0.3) is 0 Å². The van der Waals surface area contributed by atoms with E-state index < -0.39 is 0 Å². The van der Waals surface area contributed by atoms with Crippen LogP contribution in [0.25, 0.3) is 0 Å². The van der Waals surface area contributed by atoms with Gasteiger partial charge >= 0.3 is 0 Å². The molecule has 0 aromatic heterocycles. The van der Waals surface area contributed by atoms with Gasteiger partial charge in [0.1, 0.15) is 0 Å². The van der Waals surface area contributed by atoms with Crippen molar-refractivity contribution in [1.82, 2.24) is 5.32 Å². The Balaban J connectivity index is 2.52. The Labute approximate surface area is 127 Å². The van der Waals surface area contributed by atoms with Crippen molar-refractivity contribution in [2.24, 2.45) is 11.3 Å². The van der Waals surface area contributed by atoms with Crippen LogP contribution in [0.5, 0.6) is 0 Å². The van der Waals surface area contributed by atoms with E-state index in [1.807, 2.05) is 0 Å². The monoisotopic (exact) mass is 283 g/mol. The van der Waals surface area contributed by atoms with Crippen LogP contribution in [0.1, 0.15) is 79.6 Å². The van der Waals surface area contributed by atoms with Gasteiger partial charge in [0.05, 0.1) is 5.60 Å². The summed E-state index contributed by atoms with van der Waals surface area (Å²) < 4.78 is 6.36. The predicted octanol–water partition coefficient (Wildman–Crippen LogP) is 4.78. The zero-order valence-corrected chi connectivity index (χ0v) is 14.6. The fourth-order valence-corrected chi connectivity index (χ4v) is 3.31. The minimum Gasteiger partial charge on any atom is -0.374 e. The molecule has 2 heteroatoms. The van der Waals surface area contributed by atoms with E-state index in [-0.39, 0.29) is 5.60 Å². The molecule has 1 saturated carbocycles. The second-order valence-corrected chi connectivity index (χ2v) is 7.70. The second-order valence-electron chi connectivity index (χ2n) is 7.70. The summed E-state index contributed by atoms with van der Waals surface area (Å²) in [5, 5.41) is 3.60. The molecule has 0 saturated heterocycles. The Kier molecular flexibility index (Phi) is 7.53. The molecule has 0 heterocycles. The molecule has 0 spiro atoms. The highest BCUT2D eigenvalue weighted by Gasteiger charge is 2.39. The Morgan fingerprint density at radius 1 is 1.10 bits per heavy atom. The van der Waals surface area contributed by atoms with Crippen molar-refractivity contribution in [1.29, 1.82) is 0 Å². The number of nitrogens with one attached hydrogen (secondary N) is 1. The largest absolute Gasteiger partial charge is 0.374 e. The molecule has 1 aliphatic carbocycles. The van der Waals surface area contributed by atoms with Crippen molar-refractivity contribution in [2.75, 3.05) is 19.7 Å². The Morgan fingerprint density at radius 3 is 2.25 bits per heavy atom. The van der Waals surface area contributed by atoms with Crippen molar-refractivity contribution < 1.29 is 4.74 Å². The number of rotatable bonds is 8. The summed E-state index contributed by atoms with van der Waals surface area (Å²) in [5.74, 6) is 0.858. The molecule has 2 nitrogen and oxygen atoms in total. The van der Waals surface area contributed by atoms with Crippen LogP contribution in [0.2, 0.25) is 0 Å². The summed E-state index contributed by atoms with van der Waals surface area (Å²) in [6.07, 6.45) is 8.73. The number of ether oxygens (including phenoxy) is 1. The maximum Gasteiger partial charge on any atom is 0.0806 e. The van der Waals surface area contributed by atoms with Gasteiger partial charge in [-0.1, -0.05) is 41.0 Å². The van der Waals surface area contributed by atoms with Crippen LogP contribution >= 0.6 is 0 Å². The summed E-state index contributed by atoms with van der Waals surface area (Å²) in [6, 6.07) is 0. The van der Waals surface area contributed by atoms with E-state index in [9.17, 15) is 0 Å². The summed E-state index contributed by atoms with van der Waals surface area (Å²) >= 11 is 0. The smallest absolute Gasteiger partial charge is 0.0806 e. The molecule has 1 N–H and O–H groups in total. The first-order chi connectivity index (χ1) is 9.43. The lowest BCUT2D eigenvalue weighted by molar-refractivity contribution is -0.0851. The number of unbranched alkanes of at least 4 members (excludes halogenated alkanes) is 1. The van der Waals surface area contributed by atoms with Crippen molar-refractivity contribution >= 4 is 0 Å². The van der Waals surface area contributed by atoms with E-state index in [1.165, 1.54) is 44.9 Å². The lowest BCUT2D eigenvalue weighted by atomic mass is 9.68. The van der Waals surface area contributed by atoms with Gasteiger partial charge in [0.15, 0.2) is 0 Å². The molecule has 0 bridgehead atoms. The molecule has 1 aliphatic rings. The average molecular weight is 284 g/mol. The maximum absolute atomic E-state index is 6.36. The lowest BCUT2D eigenvalue weighted by Gasteiger charge is -2.44. The highest BCUT2D eigenvalue weighted by molar-refractivity contribution is 4.92. The zero-order valence-electron chi connectivity index (χ0n) is 14.6. The highest BCUT2D eigenvalue weighted by atomic mass is 16.5. The molecule has 1 rings (SSSR count). The summed E-state index contributed by atoms with van der Waals surface area (Å²) in [7, 11) is 0. The molecule has 0 radical (unpaired) electrons. The first-order valence-electron chi connectivity index (χ1n) is 8.78. The van der Waals surface area contributed by atoms with E-state index >= 15 is 0 Å². The second kappa shape index (κ2) is 8.38. The zero-order chi connectivity index (χ0) is 15.1. The highest BCUT2D eigenvalue weighted by Crippen LogP contribution is 2.42. The van der Waals surface area contributed by atoms with Gasteiger partial charge in [-0.25, -0.2) is 0 Å². The first kappa shape index (κ1) is 18.0. The molecular formula is C18H37NO. The molecule has 0 amide bonds. The van der Waals surface area contributed by atoms with Gasteiger partial charge in [-0.2, -0.15) is 0 Å². The van der Waals surface area contributed by atoms with Crippen LogP contribution in [0.3, 0.4) is 0 Å². The van der Waals surface area contributed by atoms with Crippen molar-refractivity contribution in [3.05, 3.63) is 0 Å². The van der Waals surface area contributed by atoms with Gasteiger partial charge in [0, 0.05) is 13.2 Å². The van der Waals surface area contributed by atoms with Crippen molar-refractivity contribution in [3.8, 4) is 0 Å². The van der Waals surface area contributed by atoms with Crippen LogP contribution in [-0.4, -0.2) is 25.3 Å². The first-order valence-corrected chi connectivity index (χ1v) is 8.78. The molecule has 0 aromatic rings. The third kappa shape index (κ3) is 5.73. The minimum atomic E-state index is 0.117. The molecule has 0 unspecified atom stereocenters. The Hall–Kier alpha value is -0.0800. The summed E-state index contributed by atoms with van der Waals surface area (Å²) in [4.78, 5) is 0. The van der Waals surface area contributed by atoms with Crippen LogP contribution < -0.4 is 5.32 Å². The van der Waals surface area contributed by atoms with Crippen molar-refractivity contribution in [2.45, 2.75) is 85.2 Å². The lowest BCUT2D eigenvalue weighted by Crippen LogP contribution is -2.47. The molecule has 20 heavy (non-hydrogen) atoms. The van der Waals surface area contributed by atoms with Crippen LogP contribution in [-0.2, 0) is 4.74 Å². The Morgan fingerprint density at radius 2 is 1.75 bits per heavy atom. The van der Waals surface area contributed by atoms with Crippen molar-refractivity contribution in [3.63, 3.8) is 0 Å². The van der Waals surface area contributed by atoms with E-state index in [0.717, 1.165) is 25.6 Å². The van der Waals surface area contributed by atoms with E-state index in [2.05, 4.69) is 39.9 Å². The molecule has 0 aromatic carbocycles. The molecule has 0 atom stereocenters. The fourth-order valence-electron chi connectivity index (χ4n) is 3.31. The van der Waals surface area contributed by atoms with Gasteiger partial charge in [-0.15, -0.1) is 0 Å². The van der Waals surface area contributed by atoms with E-state index in [4.69, 9.17) is 4.74 Å². The summed E-state index contributed by atoms with van der Waals surface area (Å²) in [6.45, 7) is 14.7. The molecule has 0 aliphatic heterocycles. The SMILES string of the molecule is CCCCOC1(CNCCC)CCC(C(C)(C)C)CC1. The van der Waals surface area contributed by atoms with E-state index in [1.54, 1.807) is 0 Å². The number of hydrogen-bond donors (Lipinski definition) is 1. The third-order valence-electron chi connectivity index (χ3n) is 4.90. The standard InChI is InChI=1S/C18H37NO/c1-6-8-14-20-18(15-19-13-7-2)11-9-16(10-12-18)17(3,4)5/h16,19H,6-15H2,1-5H3. The Bertz CT molecular complexity index is 237. The molecule has 120 valence electrons. The van der Waals surface area contributed by atoms with Gasteiger partial charge in [-0.05, 0) is 56.4 Å². The average Bonchev–Trinajstić information content (AvgIpc) is 2.39. The van der Waals surface area contributed by atoms with Crippen LogP contribution in [0.15, 0.2) is 0 Å². The fraction of sp³-hybridized carbons (Fsp3) is 1.00. The summed E-state index contributed by atoms with van der Waals surface area (Å²) in [5.41, 5.74) is 0.568. The third-order valence-corrected chi connectivity index (χ3v) is 4.90. The van der Waals surface area contributed by atoms with E-state index in [0.29, 0.717) is 5.41 Å². The normalized spacial score (nSPS) is 27.8. The topological polar surface area (TPSA) is 21.3 Å². The minimum absolute atomic E-state index is 0.117. The van der Waals surface area contributed by atoms with Gasteiger partial charge in [-0.3, -0.25) is 0 Å². The van der Waals surface area contributed by atoms with Gasteiger partial charge in [0.2, 0.25) is 0 Å². The van der Waals surface area contributed by atoms with Gasteiger partial charge < -0.3 is 10.1 Å². The predicted molar refractivity (Wildman–Crippen MR) is 88.2 cm³/mol. The molecule has 1 fully saturated rings.